The molecule has 9 nitrogen and oxygen atoms in total. The second kappa shape index (κ2) is 8.66. The molecular formula is C21H25N5O4. The summed E-state index contributed by atoms with van der Waals surface area (Å²) in [7, 11) is 1.29. The van der Waals surface area contributed by atoms with E-state index in [9.17, 15) is 4.79 Å². The summed E-state index contributed by atoms with van der Waals surface area (Å²) in [6, 6.07) is 7.94. The number of carbonyl (C=O) groups is 1. The molecule has 1 aliphatic heterocycles. The zero-order valence-electron chi connectivity index (χ0n) is 17.4. The van der Waals surface area contributed by atoms with Crippen LogP contribution in [0, 0.1) is 0 Å². The van der Waals surface area contributed by atoms with E-state index >= 15 is 0 Å². The van der Waals surface area contributed by atoms with Crippen molar-refractivity contribution in [1.82, 2.24) is 19.5 Å². The monoisotopic (exact) mass is 411 g/mol. The molecule has 1 aliphatic rings. The molecule has 0 unspecified atom stereocenters. The second-order valence-electron chi connectivity index (χ2n) is 7.33. The molecule has 0 atom stereocenters. The van der Waals surface area contributed by atoms with Gasteiger partial charge in [-0.15, -0.1) is 0 Å². The zero-order chi connectivity index (χ0) is 21.1. The summed E-state index contributed by atoms with van der Waals surface area (Å²) >= 11 is 0. The van der Waals surface area contributed by atoms with E-state index < -0.39 is 6.16 Å². The normalized spacial score (nSPS) is 14.3. The Balaban J connectivity index is 1.72. The summed E-state index contributed by atoms with van der Waals surface area (Å²) < 4.78 is 17.0. The molecule has 3 heterocycles. The Kier molecular flexibility index (Phi) is 5.80. The van der Waals surface area contributed by atoms with E-state index in [0.717, 1.165) is 41.1 Å². The number of rotatable bonds is 5. The van der Waals surface area contributed by atoms with Crippen LogP contribution >= 0.6 is 0 Å². The first kappa shape index (κ1) is 20.1. The van der Waals surface area contributed by atoms with Gasteiger partial charge in [-0.2, -0.15) is 4.98 Å². The number of hydrogen-bond acceptors (Lipinski definition) is 8. The molecule has 4 rings (SSSR count). The van der Waals surface area contributed by atoms with E-state index in [1.165, 1.54) is 7.11 Å². The lowest BCUT2D eigenvalue weighted by atomic mass is 10.1. The van der Waals surface area contributed by atoms with Gasteiger partial charge in [0.15, 0.2) is 5.65 Å². The van der Waals surface area contributed by atoms with Crippen LogP contribution in [0.2, 0.25) is 0 Å². The molecule has 158 valence electrons. The van der Waals surface area contributed by atoms with Gasteiger partial charge >= 0.3 is 6.16 Å². The van der Waals surface area contributed by atoms with Crippen molar-refractivity contribution in [2.45, 2.75) is 26.5 Å². The fourth-order valence-corrected chi connectivity index (χ4v) is 3.35. The maximum atomic E-state index is 11.2. The number of benzene rings is 1. The van der Waals surface area contributed by atoms with E-state index in [2.05, 4.69) is 33.0 Å². The first-order chi connectivity index (χ1) is 14.6. The van der Waals surface area contributed by atoms with E-state index in [0.29, 0.717) is 19.2 Å². The third kappa shape index (κ3) is 4.06. The number of aromatic nitrogens is 4. The van der Waals surface area contributed by atoms with Crippen molar-refractivity contribution >= 4 is 23.3 Å². The quantitative estimate of drug-likeness (QED) is 0.591. The summed E-state index contributed by atoms with van der Waals surface area (Å²) in [5.41, 5.74) is 4.14. The van der Waals surface area contributed by atoms with Crippen LogP contribution in [0.1, 0.15) is 25.5 Å². The number of carbonyl (C=O) groups excluding carboxylic acids is 1. The van der Waals surface area contributed by atoms with Gasteiger partial charge in [-0.3, -0.25) is 0 Å². The molecule has 1 fully saturated rings. The fraction of sp³-hybridized carbons (Fsp3) is 0.429. The topological polar surface area (TPSA) is 91.6 Å². The number of morpholine rings is 1. The first-order valence-electron chi connectivity index (χ1n) is 9.94. The molecule has 0 radical (unpaired) electrons. The molecule has 0 spiro atoms. The maximum absolute atomic E-state index is 11.2. The highest BCUT2D eigenvalue weighted by Gasteiger charge is 2.20. The predicted octanol–water partition coefficient (Wildman–Crippen LogP) is 3.19. The third-order valence-corrected chi connectivity index (χ3v) is 5.01. The number of ether oxygens (including phenoxy) is 3. The number of hydrogen-bond donors (Lipinski definition) is 0. The van der Waals surface area contributed by atoms with Crippen LogP contribution in [0.25, 0.3) is 22.4 Å². The summed E-state index contributed by atoms with van der Waals surface area (Å²) in [6.45, 7) is 7.19. The van der Waals surface area contributed by atoms with Gasteiger partial charge in [0.2, 0.25) is 5.95 Å². The maximum Gasteiger partial charge on any atom is 0.508 e. The van der Waals surface area contributed by atoms with Crippen LogP contribution in [0.3, 0.4) is 0 Å². The highest BCUT2D eigenvalue weighted by Crippen LogP contribution is 2.29. The molecule has 0 saturated carbocycles. The molecule has 9 heteroatoms. The molecular weight excluding hydrogens is 386 g/mol. The smallest absolute Gasteiger partial charge is 0.438 e. The Morgan fingerprint density at radius 1 is 1.17 bits per heavy atom. The van der Waals surface area contributed by atoms with Gasteiger partial charge in [0.1, 0.15) is 17.8 Å². The highest BCUT2D eigenvalue weighted by atomic mass is 16.7. The van der Waals surface area contributed by atoms with Gasteiger partial charge < -0.3 is 23.7 Å². The molecule has 2 aromatic heterocycles. The number of anilines is 1. The molecule has 0 amide bonds. The predicted molar refractivity (Wildman–Crippen MR) is 111 cm³/mol. The third-order valence-electron chi connectivity index (χ3n) is 5.01. The number of fused-ring (bicyclic) bond motifs is 1. The van der Waals surface area contributed by atoms with Gasteiger partial charge in [0, 0.05) is 24.7 Å². The molecule has 0 N–H and O–H groups in total. The number of nitrogens with zero attached hydrogens (tertiary/aromatic N) is 5. The Bertz CT molecular complexity index is 1030. The van der Waals surface area contributed by atoms with E-state index in [1.54, 1.807) is 0 Å². The molecule has 1 saturated heterocycles. The van der Waals surface area contributed by atoms with E-state index in [4.69, 9.17) is 19.4 Å². The van der Waals surface area contributed by atoms with Crippen LogP contribution in [0.5, 0.6) is 0 Å². The largest absolute Gasteiger partial charge is 0.508 e. The SMILES string of the molecule is COC(=O)OCc1ccc(-c2nc(N3CCOCC3)nc3c2ncn3C(C)C)cc1. The van der Waals surface area contributed by atoms with Crippen LogP contribution in [-0.4, -0.2) is 59.1 Å². The van der Waals surface area contributed by atoms with Crippen LogP contribution in [0.4, 0.5) is 10.7 Å². The zero-order valence-corrected chi connectivity index (χ0v) is 17.4. The average molecular weight is 411 g/mol. The first-order valence-corrected chi connectivity index (χ1v) is 9.94. The Hall–Kier alpha value is -3.20. The van der Waals surface area contributed by atoms with Gasteiger partial charge in [0.05, 0.1) is 26.7 Å². The summed E-state index contributed by atoms with van der Waals surface area (Å²) in [5.74, 6) is 0.682. The van der Waals surface area contributed by atoms with Crippen LogP contribution in [-0.2, 0) is 20.8 Å². The average Bonchev–Trinajstić information content (AvgIpc) is 3.22. The molecule has 0 bridgehead atoms. The van der Waals surface area contributed by atoms with Crippen molar-refractivity contribution in [2.75, 3.05) is 38.3 Å². The minimum absolute atomic E-state index is 0.146. The number of methoxy groups -OCH3 is 1. The van der Waals surface area contributed by atoms with Crippen molar-refractivity contribution in [3.8, 4) is 11.3 Å². The van der Waals surface area contributed by atoms with E-state index in [1.807, 2.05) is 30.6 Å². The standard InChI is InChI=1S/C21H25N5O4/c1-14(2)26-13-22-18-17(16-6-4-15(5-7-16)12-30-21(27)28-3)23-20(24-19(18)26)25-8-10-29-11-9-25/h4-7,13-14H,8-12H2,1-3H3. The van der Waals surface area contributed by atoms with Gasteiger partial charge in [-0.05, 0) is 19.4 Å². The Labute approximate surface area is 174 Å². The van der Waals surface area contributed by atoms with Crippen LogP contribution in [0.15, 0.2) is 30.6 Å². The Morgan fingerprint density at radius 3 is 2.57 bits per heavy atom. The summed E-state index contributed by atoms with van der Waals surface area (Å²) in [4.78, 5) is 27.6. The minimum atomic E-state index is -0.703. The summed E-state index contributed by atoms with van der Waals surface area (Å²) in [5, 5.41) is 0. The van der Waals surface area contributed by atoms with Crippen molar-refractivity contribution in [2.24, 2.45) is 0 Å². The lowest BCUT2D eigenvalue weighted by molar-refractivity contribution is 0.0669. The van der Waals surface area contributed by atoms with Crippen molar-refractivity contribution in [3.63, 3.8) is 0 Å². The van der Waals surface area contributed by atoms with E-state index in [-0.39, 0.29) is 12.6 Å². The molecule has 30 heavy (non-hydrogen) atoms. The van der Waals surface area contributed by atoms with Gasteiger partial charge in [-0.1, -0.05) is 24.3 Å². The summed E-state index contributed by atoms with van der Waals surface area (Å²) in [6.07, 6.45) is 1.11. The Morgan fingerprint density at radius 2 is 1.90 bits per heavy atom. The molecule has 0 aliphatic carbocycles. The van der Waals surface area contributed by atoms with Crippen molar-refractivity contribution < 1.29 is 19.0 Å². The fourth-order valence-electron chi connectivity index (χ4n) is 3.35. The molecule has 3 aromatic rings. The lowest BCUT2D eigenvalue weighted by Gasteiger charge is -2.27. The highest BCUT2D eigenvalue weighted by molar-refractivity contribution is 5.88. The number of imidazole rings is 1. The van der Waals surface area contributed by atoms with Crippen LogP contribution < -0.4 is 4.90 Å². The van der Waals surface area contributed by atoms with Crippen molar-refractivity contribution in [3.05, 3.63) is 36.2 Å². The van der Waals surface area contributed by atoms with Gasteiger partial charge in [-0.25, -0.2) is 14.8 Å². The lowest BCUT2D eigenvalue weighted by Crippen LogP contribution is -2.37. The minimum Gasteiger partial charge on any atom is -0.438 e. The van der Waals surface area contributed by atoms with Crippen molar-refractivity contribution in [1.29, 1.82) is 0 Å². The van der Waals surface area contributed by atoms with Gasteiger partial charge in [0.25, 0.3) is 0 Å². The molecule has 1 aromatic carbocycles. The second-order valence-corrected chi connectivity index (χ2v) is 7.33.